The van der Waals surface area contributed by atoms with Crippen LogP contribution in [0.25, 0.3) is 0 Å². The summed E-state index contributed by atoms with van der Waals surface area (Å²) in [5, 5.41) is 12.0. The molecule has 0 spiro atoms. The summed E-state index contributed by atoms with van der Waals surface area (Å²) in [6.07, 6.45) is 1.68. The van der Waals surface area contributed by atoms with Crippen LogP contribution in [0.3, 0.4) is 0 Å². The van der Waals surface area contributed by atoms with E-state index in [9.17, 15) is 4.79 Å². The molecule has 1 aromatic heterocycles. The Morgan fingerprint density at radius 1 is 1.42 bits per heavy atom. The van der Waals surface area contributed by atoms with Crippen LogP contribution >= 0.6 is 0 Å². The lowest BCUT2D eigenvalue weighted by molar-refractivity contribution is 0.0697. The zero-order valence-corrected chi connectivity index (χ0v) is 10.4. The van der Waals surface area contributed by atoms with Crippen molar-refractivity contribution in [2.75, 3.05) is 11.1 Å². The molecule has 0 saturated carbocycles. The van der Waals surface area contributed by atoms with Crippen LogP contribution in [0.1, 0.15) is 21.9 Å². The maximum absolute atomic E-state index is 10.9. The Morgan fingerprint density at radius 3 is 2.89 bits per heavy atom. The van der Waals surface area contributed by atoms with E-state index in [1.54, 1.807) is 18.3 Å². The van der Waals surface area contributed by atoms with Crippen molar-refractivity contribution in [1.82, 2.24) is 9.97 Å². The monoisotopic (exact) mass is 258 g/mol. The van der Waals surface area contributed by atoms with E-state index in [1.165, 1.54) is 12.1 Å². The van der Waals surface area contributed by atoms with Gasteiger partial charge in [0.05, 0.1) is 29.2 Å². The highest BCUT2D eigenvalue weighted by Crippen LogP contribution is 2.20. The summed E-state index contributed by atoms with van der Waals surface area (Å²) in [4.78, 5) is 19.1. The van der Waals surface area contributed by atoms with Gasteiger partial charge in [-0.05, 0) is 31.2 Å². The number of nitrogens with two attached hydrogens (primary N) is 1. The molecule has 6 heteroatoms. The lowest BCUT2D eigenvalue weighted by Crippen LogP contribution is -2.06. The lowest BCUT2D eigenvalue weighted by atomic mass is 10.1. The van der Waals surface area contributed by atoms with Crippen molar-refractivity contribution >= 4 is 17.3 Å². The van der Waals surface area contributed by atoms with E-state index in [0.717, 1.165) is 5.69 Å². The summed E-state index contributed by atoms with van der Waals surface area (Å²) in [6, 6.07) is 6.33. The van der Waals surface area contributed by atoms with E-state index in [0.29, 0.717) is 23.7 Å². The average Bonchev–Trinajstić information content (AvgIpc) is 2.37. The molecule has 0 aliphatic rings. The van der Waals surface area contributed by atoms with Gasteiger partial charge in [-0.1, -0.05) is 0 Å². The van der Waals surface area contributed by atoms with Crippen LogP contribution in [0.5, 0.6) is 0 Å². The number of aryl methyl sites for hydroxylation is 1. The number of carbonyl (C=O) groups is 1. The number of hydrogen-bond donors (Lipinski definition) is 3. The molecule has 19 heavy (non-hydrogen) atoms. The second kappa shape index (κ2) is 5.34. The maximum atomic E-state index is 10.9. The Hall–Kier alpha value is -2.63. The van der Waals surface area contributed by atoms with Crippen LogP contribution in [0.15, 0.2) is 30.5 Å². The highest BCUT2D eigenvalue weighted by molar-refractivity contribution is 5.90. The third-order valence-electron chi connectivity index (χ3n) is 2.59. The van der Waals surface area contributed by atoms with E-state index in [2.05, 4.69) is 15.3 Å². The van der Waals surface area contributed by atoms with Crippen LogP contribution < -0.4 is 11.1 Å². The molecular weight excluding hydrogens is 244 g/mol. The molecule has 0 atom stereocenters. The molecule has 2 aromatic rings. The number of benzene rings is 1. The Kier molecular flexibility index (Phi) is 3.61. The topological polar surface area (TPSA) is 101 Å². The van der Waals surface area contributed by atoms with Crippen LogP contribution in [0.4, 0.5) is 11.4 Å². The third-order valence-corrected chi connectivity index (χ3v) is 2.59. The molecule has 1 aromatic carbocycles. The fourth-order valence-corrected chi connectivity index (χ4v) is 1.63. The molecule has 4 N–H and O–H groups in total. The van der Waals surface area contributed by atoms with Crippen LogP contribution in [0.2, 0.25) is 0 Å². The molecule has 0 saturated heterocycles. The summed E-state index contributed by atoms with van der Waals surface area (Å²) in [5.74, 6) is -0.299. The largest absolute Gasteiger partial charge is 0.478 e. The van der Waals surface area contributed by atoms with Gasteiger partial charge < -0.3 is 16.2 Å². The van der Waals surface area contributed by atoms with Crippen molar-refractivity contribution in [2.45, 2.75) is 13.5 Å². The number of nitrogens with zero attached hydrogens (tertiary/aromatic N) is 2. The first-order valence-electron chi connectivity index (χ1n) is 5.71. The Labute approximate surface area is 110 Å². The molecule has 0 aliphatic carbocycles. The minimum Gasteiger partial charge on any atom is -0.478 e. The quantitative estimate of drug-likeness (QED) is 0.721. The summed E-state index contributed by atoms with van der Waals surface area (Å²) in [6.45, 7) is 2.26. The second-order valence-corrected chi connectivity index (χ2v) is 4.06. The van der Waals surface area contributed by atoms with Gasteiger partial charge >= 0.3 is 5.97 Å². The predicted molar refractivity (Wildman–Crippen MR) is 71.9 cm³/mol. The normalized spacial score (nSPS) is 10.2. The summed E-state index contributed by atoms with van der Waals surface area (Å²) in [5.41, 5.74) is 7.87. The van der Waals surface area contributed by atoms with E-state index < -0.39 is 5.97 Å². The molecular formula is C13H14N4O2. The van der Waals surface area contributed by atoms with Gasteiger partial charge in [0, 0.05) is 6.20 Å². The Balaban J connectivity index is 2.15. The van der Waals surface area contributed by atoms with Crippen LogP contribution in [-0.2, 0) is 6.54 Å². The number of nitrogen functional groups attached to an aromatic ring is 1. The smallest absolute Gasteiger partial charge is 0.335 e. The first kappa shape index (κ1) is 12.8. The van der Waals surface area contributed by atoms with E-state index in [4.69, 9.17) is 10.8 Å². The van der Waals surface area contributed by atoms with Crippen LogP contribution in [-0.4, -0.2) is 21.0 Å². The average molecular weight is 258 g/mol. The Bertz CT molecular complexity index is 613. The molecule has 6 nitrogen and oxygen atoms in total. The van der Waals surface area contributed by atoms with Gasteiger partial charge in [-0.15, -0.1) is 0 Å². The van der Waals surface area contributed by atoms with Crippen molar-refractivity contribution in [3.05, 3.63) is 47.5 Å². The first-order chi connectivity index (χ1) is 9.06. The number of aromatic carboxylic acids is 1. The second-order valence-electron chi connectivity index (χ2n) is 4.06. The lowest BCUT2D eigenvalue weighted by Gasteiger charge is -2.10. The zero-order valence-electron chi connectivity index (χ0n) is 10.4. The fraction of sp³-hybridized carbons (Fsp3) is 0.154. The number of hydrogen-bond acceptors (Lipinski definition) is 5. The highest BCUT2D eigenvalue weighted by Gasteiger charge is 2.06. The minimum absolute atomic E-state index is 0.190. The number of nitrogens with one attached hydrogen (secondary N) is 1. The molecule has 0 unspecified atom stereocenters. The van der Waals surface area contributed by atoms with E-state index in [-0.39, 0.29) is 5.56 Å². The third kappa shape index (κ3) is 3.19. The first-order valence-corrected chi connectivity index (χ1v) is 5.71. The molecule has 98 valence electrons. The summed E-state index contributed by atoms with van der Waals surface area (Å²) < 4.78 is 0. The number of aromatic nitrogens is 2. The number of rotatable bonds is 4. The predicted octanol–water partition coefficient (Wildman–Crippen LogP) is 1.68. The van der Waals surface area contributed by atoms with Gasteiger partial charge in [0.1, 0.15) is 5.82 Å². The number of carboxylic acids is 1. The van der Waals surface area contributed by atoms with Crippen molar-refractivity contribution < 1.29 is 9.90 Å². The minimum atomic E-state index is -0.985. The van der Waals surface area contributed by atoms with Gasteiger partial charge in [0.2, 0.25) is 0 Å². The highest BCUT2D eigenvalue weighted by atomic mass is 16.4. The van der Waals surface area contributed by atoms with Gasteiger partial charge in [0.25, 0.3) is 0 Å². The molecule has 0 amide bonds. The zero-order chi connectivity index (χ0) is 13.8. The SMILES string of the molecule is Cc1nccc(CNc2cc(C(=O)O)ccc2N)n1. The van der Waals surface area contributed by atoms with E-state index >= 15 is 0 Å². The molecule has 1 heterocycles. The number of carboxylic acid groups (broad SMARTS) is 1. The van der Waals surface area contributed by atoms with Crippen LogP contribution in [0, 0.1) is 6.92 Å². The molecule has 0 aliphatic heterocycles. The van der Waals surface area contributed by atoms with Gasteiger partial charge in [-0.3, -0.25) is 0 Å². The van der Waals surface area contributed by atoms with Crippen molar-refractivity contribution in [3.63, 3.8) is 0 Å². The van der Waals surface area contributed by atoms with E-state index in [1.807, 2.05) is 6.92 Å². The van der Waals surface area contributed by atoms with Crippen molar-refractivity contribution in [2.24, 2.45) is 0 Å². The summed E-state index contributed by atoms with van der Waals surface area (Å²) >= 11 is 0. The maximum Gasteiger partial charge on any atom is 0.335 e. The molecule has 0 radical (unpaired) electrons. The van der Waals surface area contributed by atoms with Gasteiger partial charge in [-0.25, -0.2) is 14.8 Å². The summed E-state index contributed by atoms with van der Waals surface area (Å²) in [7, 11) is 0. The fourth-order valence-electron chi connectivity index (χ4n) is 1.63. The van der Waals surface area contributed by atoms with Gasteiger partial charge in [0.15, 0.2) is 0 Å². The Morgan fingerprint density at radius 2 is 2.21 bits per heavy atom. The molecule has 0 bridgehead atoms. The van der Waals surface area contributed by atoms with Crippen molar-refractivity contribution in [3.8, 4) is 0 Å². The number of anilines is 2. The standard InChI is InChI=1S/C13H14N4O2/c1-8-15-5-4-10(17-8)7-16-12-6-9(13(18)19)2-3-11(12)14/h2-6,16H,7,14H2,1H3,(H,18,19). The molecule has 0 fully saturated rings. The molecule has 2 rings (SSSR count). The van der Waals surface area contributed by atoms with Crippen molar-refractivity contribution in [1.29, 1.82) is 0 Å². The van der Waals surface area contributed by atoms with Gasteiger partial charge in [-0.2, -0.15) is 0 Å².